The Bertz CT molecular complexity index is 1320. The van der Waals surface area contributed by atoms with Gasteiger partial charge in [0.1, 0.15) is 11.5 Å². The van der Waals surface area contributed by atoms with E-state index in [2.05, 4.69) is 17.0 Å². The normalized spacial score (nSPS) is 11.8. The lowest BCUT2D eigenvalue weighted by Crippen LogP contribution is -2.23. The largest absolute Gasteiger partial charge is 0.494 e. The van der Waals surface area contributed by atoms with Gasteiger partial charge in [0.25, 0.3) is 5.56 Å². The van der Waals surface area contributed by atoms with E-state index in [1.807, 2.05) is 24.3 Å². The topological polar surface area (TPSA) is 82.8 Å². The number of rotatable bonds is 8. The van der Waals surface area contributed by atoms with Crippen molar-refractivity contribution in [3.8, 4) is 22.9 Å². The third-order valence-corrected chi connectivity index (χ3v) is 5.71. The Kier molecular flexibility index (Phi) is 6.61. The number of benzene rings is 2. The highest BCUT2D eigenvalue weighted by Crippen LogP contribution is 2.21. The zero-order chi connectivity index (χ0) is 22.5. The van der Waals surface area contributed by atoms with Gasteiger partial charge in [-0.3, -0.25) is 9.59 Å². The Morgan fingerprint density at radius 2 is 1.78 bits per heavy atom. The molecule has 0 atom stereocenters. The van der Waals surface area contributed by atoms with Crippen molar-refractivity contribution in [2.24, 2.45) is 0 Å². The first-order chi connectivity index (χ1) is 15.5. The van der Waals surface area contributed by atoms with Gasteiger partial charge in [0, 0.05) is 12.5 Å². The third-order valence-electron chi connectivity index (χ3n) is 4.75. The molecule has 0 aliphatic rings. The van der Waals surface area contributed by atoms with E-state index in [1.54, 1.807) is 30.3 Å². The van der Waals surface area contributed by atoms with Gasteiger partial charge < -0.3 is 9.47 Å². The Morgan fingerprint density at radius 3 is 2.44 bits per heavy atom. The van der Waals surface area contributed by atoms with Gasteiger partial charge >= 0.3 is 5.97 Å². The maximum Gasteiger partial charge on any atom is 0.308 e. The fourth-order valence-corrected chi connectivity index (χ4v) is 4.06. The minimum absolute atomic E-state index is 0.219. The molecule has 164 valence electrons. The summed E-state index contributed by atoms with van der Waals surface area (Å²) < 4.78 is 12.6. The van der Waals surface area contributed by atoms with Crippen molar-refractivity contribution in [3.63, 3.8) is 0 Å². The van der Waals surface area contributed by atoms with Crippen molar-refractivity contribution in [3.05, 3.63) is 69.0 Å². The second-order valence-electron chi connectivity index (χ2n) is 7.29. The average Bonchev–Trinajstić information content (AvgIpc) is 3.32. The van der Waals surface area contributed by atoms with Crippen LogP contribution in [0.25, 0.3) is 22.4 Å². The van der Waals surface area contributed by atoms with E-state index >= 15 is 0 Å². The Balaban J connectivity index is 1.52. The number of hydrogen-bond acceptors (Lipinski definition) is 7. The number of thiazole rings is 1. The average molecular weight is 450 g/mol. The fraction of sp³-hybridized carbons (Fsp3) is 0.250. The first-order valence-electron chi connectivity index (χ1n) is 10.5. The molecule has 0 fully saturated rings. The molecular formula is C24H23N3O4S. The molecule has 0 aliphatic carbocycles. The standard InChI is InChI=1S/C24H23N3O4S/c1-3-4-5-14-30-19-12-8-18(9-13-19)22-25-24-27(26-22)23(29)21(32-24)15-17-6-10-20(11-7-17)31-16(2)28/h6-13,15H,3-5,14H2,1-2H3. The van der Waals surface area contributed by atoms with Gasteiger partial charge in [-0.2, -0.15) is 9.50 Å². The molecular weight excluding hydrogens is 426 g/mol. The van der Waals surface area contributed by atoms with Crippen molar-refractivity contribution < 1.29 is 14.3 Å². The quantitative estimate of drug-likeness (QED) is 0.231. The molecule has 0 amide bonds. The zero-order valence-electron chi connectivity index (χ0n) is 17.9. The summed E-state index contributed by atoms with van der Waals surface area (Å²) in [5, 5.41) is 4.39. The molecule has 0 spiro atoms. The van der Waals surface area contributed by atoms with Crippen LogP contribution in [0.1, 0.15) is 38.7 Å². The molecule has 0 saturated heterocycles. The summed E-state index contributed by atoms with van der Waals surface area (Å²) in [6.07, 6.45) is 5.13. The first-order valence-corrected chi connectivity index (χ1v) is 11.3. The van der Waals surface area contributed by atoms with Crippen LogP contribution in [0.3, 0.4) is 0 Å². The number of nitrogens with zero attached hydrogens (tertiary/aromatic N) is 3. The van der Waals surface area contributed by atoms with Crippen LogP contribution in [-0.2, 0) is 4.79 Å². The molecule has 2 aromatic carbocycles. The number of fused-ring (bicyclic) bond motifs is 1. The van der Waals surface area contributed by atoms with Gasteiger partial charge in [0.15, 0.2) is 5.82 Å². The van der Waals surface area contributed by atoms with E-state index in [4.69, 9.17) is 9.47 Å². The minimum Gasteiger partial charge on any atom is -0.494 e. The van der Waals surface area contributed by atoms with Crippen LogP contribution in [0.2, 0.25) is 0 Å². The van der Waals surface area contributed by atoms with Crippen LogP contribution in [0, 0.1) is 0 Å². The molecule has 0 radical (unpaired) electrons. The van der Waals surface area contributed by atoms with E-state index < -0.39 is 0 Å². The van der Waals surface area contributed by atoms with Crippen molar-refractivity contribution in [1.82, 2.24) is 14.6 Å². The van der Waals surface area contributed by atoms with Crippen molar-refractivity contribution in [2.45, 2.75) is 33.1 Å². The fourth-order valence-electron chi connectivity index (χ4n) is 3.15. The van der Waals surface area contributed by atoms with Crippen LogP contribution >= 0.6 is 11.3 Å². The Labute approximate surface area is 188 Å². The monoisotopic (exact) mass is 449 g/mol. The second-order valence-corrected chi connectivity index (χ2v) is 8.30. The van der Waals surface area contributed by atoms with Crippen molar-refractivity contribution in [1.29, 1.82) is 0 Å². The van der Waals surface area contributed by atoms with E-state index in [0.717, 1.165) is 36.1 Å². The number of carbonyl (C=O) groups excluding carboxylic acids is 1. The maximum absolute atomic E-state index is 12.8. The highest BCUT2D eigenvalue weighted by molar-refractivity contribution is 7.15. The smallest absolute Gasteiger partial charge is 0.308 e. The van der Waals surface area contributed by atoms with Gasteiger partial charge in [-0.1, -0.05) is 43.2 Å². The lowest BCUT2D eigenvalue weighted by Gasteiger charge is -2.05. The minimum atomic E-state index is -0.376. The molecule has 0 unspecified atom stereocenters. The molecule has 0 aliphatic heterocycles. The number of carbonyl (C=O) groups is 1. The summed E-state index contributed by atoms with van der Waals surface area (Å²) in [6, 6.07) is 14.5. The van der Waals surface area contributed by atoms with E-state index in [-0.39, 0.29) is 11.5 Å². The molecule has 0 N–H and O–H groups in total. The lowest BCUT2D eigenvalue weighted by molar-refractivity contribution is -0.131. The molecule has 2 aromatic heterocycles. The van der Waals surface area contributed by atoms with Crippen LogP contribution in [0.15, 0.2) is 53.3 Å². The van der Waals surface area contributed by atoms with Gasteiger partial charge in [-0.05, 0) is 54.5 Å². The first kappa shape index (κ1) is 21.7. The van der Waals surface area contributed by atoms with E-state index in [1.165, 1.54) is 22.8 Å². The number of hydrogen-bond donors (Lipinski definition) is 0. The van der Waals surface area contributed by atoms with Crippen molar-refractivity contribution in [2.75, 3.05) is 6.61 Å². The number of unbranched alkanes of at least 4 members (excludes halogenated alkanes) is 2. The van der Waals surface area contributed by atoms with Gasteiger partial charge in [0.05, 0.1) is 11.1 Å². The highest BCUT2D eigenvalue weighted by atomic mass is 32.1. The molecule has 0 saturated carbocycles. The van der Waals surface area contributed by atoms with Crippen LogP contribution < -0.4 is 19.6 Å². The van der Waals surface area contributed by atoms with Gasteiger partial charge in [-0.15, -0.1) is 5.10 Å². The van der Waals surface area contributed by atoms with Crippen molar-refractivity contribution >= 4 is 28.3 Å². The van der Waals surface area contributed by atoms with Gasteiger partial charge in [0.2, 0.25) is 4.96 Å². The van der Waals surface area contributed by atoms with Crippen LogP contribution in [0.5, 0.6) is 11.5 Å². The molecule has 7 nitrogen and oxygen atoms in total. The number of ether oxygens (including phenoxy) is 2. The van der Waals surface area contributed by atoms with Gasteiger partial charge in [-0.25, -0.2) is 0 Å². The lowest BCUT2D eigenvalue weighted by atomic mass is 10.2. The number of esters is 1. The Morgan fingerprint density at radius 1 is 1.06 bits per heavy atom. The predicted octanol–water partition coefficient (Wildman–Crippen LogP) is 3.86. The predicted molar refractivity (Wildman–Crippen MR) is 124 cm³/mol. The molecule has 8 heteroatoms. The highest BCUT2D eigenvalue weighted by Gasteiger charge is 2.12. The summed E-state index contributed by atoms with van der Waals surface area (Å²) in [4.78, 5) is 28.8. The van der Waals surface area contributed by atoms with Crippen LogP contribution in [-0.4, -0.2) is 27.2 Å². The molecule has 0 bridgehead atoms. The molecule has 2 heterocycles. The Hall–Kier alpha value is -3.52. The zero-order valence-corrected chi connectivity index (χ0v) is 18.7. The summed E-state index contributed by atoms with van der Waals surface area (Å²) in [5.74, 6) is 1.40. The van der Waals surface area contributed by atoms with E-state index in [9.17, 15) is 9.59 Å². The molecule has 4 aromatic rings. The summed E-state index contributed by atoms with van der Waals surface area (Å²) >= 11 is 1.28. The second kappa shape index (κ2) is 9.74. The summed E-state index contributed by atoms with van der Waals surface area (Å²) in [6.45, 7) is 4.22. The molecule has 4 rings (SSSR count). The van der Waals surface area contributed by atoms with Crippen LogP contribution in [0.4, 0.5) is 0 Å². The maximum atomic E-state index is 12.8. The molecule has 32 heavy (non-hydrogen) atoms. The van der Waals surface area contributed by atoms with E-state index in [0.29, 0.717) is 27.7 Å². The summed E-state index contributed by atoms with van der Waals surface area (Å²) in [7, 11) is 0. The third kappa shape index (κ3) is 5.03. The number of aromatic nitrogens is 3. The summed E-state index contributed by atoms with van der Waals surface area (Å²) in [5.41, 5.74) is 1.42. The SMILES string of the molecule is CCCCCOc1ccc(-c2nc3sc(=Cc4ccc(OC(C)=O)cc4)c(=O)n3n2)cc1.